The van der Waals surface area contributed by atoms with Gasteiger partial charge in [-0.05, 0) is 31.5 Å². The first kappa shape index (κ1) is 21.3. The maximum absolute atomic E-state index is 12.9. The van der Waals surface area contributed by atoms with Crippen LogP contribution in [-0.2, 0) is 21.7 Å². The molecular formula is C22H27N4O4+. The maximum atomic E-state index is 12.9. The second-order valence-corrected chi connectivity index (χ2v) is 7.72. The largest absolute Gasteiger partial charge is 0.496 e. The molecule has 0 radical (unpaired) electrons. The van der Waals surface area contributed by atoms with Crippen molar-refractivity contribution in [1.82, 2.24) is 15.8 Å². The van der Waals surface area contributed by atoms with Crippen LogP contribution in [0.1, 0.15) is 23.6 Å². The molecule has 2 aromatic rings. The van der Waals surface area contributed by atoms with E-state index in [4.69, 9.17) is 4.74 Å². The van der Waals surface area contributed by atoms with Gasteiger partial charge in [0.2, 0.25) is 0 Å². The molecule has 1 fully saturated rings. The zero-order chi connectivity index (χ0) is 21.9. The number of benzene rings is 2. The number of hydrogen-bond acceptors (Lipinski definition) is 4. The van der Waals surface area contributed by atoms with Gasteiger partial charge in [0.25, 0.3) is 11.8 Å². The van der Waals surface area contributed by atoms with E-state index in [-0.39, 0.29) is 6.54 Å². The average Bonchev–Trinajstić information content (AvgIpc) is 2.92. The molecule has 4 amide bonds. The number of aryl methyl sites for hydroxylation is 1. The van der Waals surface area contributed by atoms with Crippen LogP contribution in [0.4, 0.5) is 4.79 Å². The van der Waals surface area contributed by atoms with E-state index >= 15 is 0 Å². The summed E-state index contributed by atoms with van der Waals surface area (Å²) in [5.74, 6) is -0.196. The summed E-state index contributed by atoms with van der Waals surface area (Å²) in [6, 6.07) is 14.2. The van der Waals surface area contributed by atoms with E-state index in [2.05, 4.69) is 10.7 Å². The molecule has 1 unspecified atom stereocenters. The zero-order valence-electron chi connectivity index (χ0n) is 17.6. The van der Waals surface area contributed by atoms with Crippen LogP contribution in [0.25, 0.3) is 0 Å². The number of ether oxygens (including phenoxy) is 1. The number of methoxy groups -OCH3 is 1. The molecule has 8 heteroatoms. The molecule has 0 bridgehead atoms. The number of hydrogen-bond donors (Lipinski definition) is 3. The molecule has 30 heavy (non-hydrogen) atoms. The lowest BCUT2D eigenvalue weighted by Gasteiger charge is -2.22. The number of urea groups is 1. The average molecular weight is 411 g/mol. The smallest absolute Gasteiger partial charge is 0.344 e. The molecule has 2 atom stereocenters. The number of nitrogens with one attached hydrogen (secondary N) is 3. The number of likely N-dealkylation sites (N-methyl/N-ethyl adjacent to an activating group) is 1. The second-order valence-electron chi connectivity index (χ2n) is 7.72. The van der Waals surface area contributed by atoms with Gasteiger partial charge in [-0.15, -0.1) is 0 Å². The fraction of sp³-hybridized carbons (Fsp3) is 0.318. The molecule has 1 saturated heterocycles. The maximum Gasteiger partial charge on any atom is 0.344 e. The molecule has 3 rings (SSSR count). The van der Waals surface area contributed by atoms with Crippen molar-refractivity contribution in [2.24, 2.45) is 0 Å². The van der Waals surface area contributed by atoms with Crippen LogP contribution in [0.5, 0.6) is 5.75 Å². The van der Waals surface area contributed by atoms with Crippen LogP contribution in [0.15, 0.2) is 48.5 Å². The third-order valence-electron chi connectivity index (χ3n) is 5.17. The predicted octanol–water partition coefficient (Wildman–Crippen LogP) is 0.517. The number of hydrazine groups is 1. The summed E-state index contributed by atoms with van der Waals surface area (Å²) in [5, 5.41) is 3.43. The standard InChI is InChI=1S/C22H26N4O4/c1-15-10-11-18(30-4)16(12-15)13-25(3)14-19(27)24-26-20(28)22(2,23-21(26)29)17-8-6-5-7-9-17/h5-12H,13-14H2,1-4H3,(H,23,29)(H,24,27)/p+1/t22-/m1/s1. The van der Waals surface area contributed by atoms with Crippen molar-refractivity contribution in [3.8, 4) is 5.75 Å². The Balaban J connectivity index is 1.64. The number of carbonyl (C=O) groups is 3. The van der Waals surface area contributed by atoms with Crippen LogP contribution in [0.2, 0.25) is 0 Å². The Morgan fingerprint density at radius 3 is 2.57 bits per heavy atom. The van der Waals surface area contributed by atoms with Crippen LogP contribution in [0.3, 0.4) is 0 Å². The van der Waals surface area contributed by atoms with Crippen molar-refractivity contribution in [1.29, 1.82) is 0 Å². The number of amides is 4. The summed E-state index contributed by atoms with van der Waals surface area (Å²) >= 11 is 0. The Labute approximate surface area is 175 Å². The molecule has 0 spiro atoms. The van der Waals surface area contributed by atoms with Gasteiger partial charge in [-0.2, -0.15) is 5.01 Å². The zero-order valence-corrected chi connectivity index (χ0v) is 17.6. The fourth-order valence-corrected chi connectivity index (χ4v) is 3.58. The Bertz CT molecular complexity index is 963. The topological polar surface area (TPSA) is 92.2 Å². The SMILES string of the molecule is COc1ccc(C)cc1C[NH+](C)CC(=O)NN1C(=O)N[C@](C)(c2ccccc2)C1=O. The van der Waals surface area contributed by atoms with E-state index in [0.29, 0.717) is 12.1 Å². The van der Waals surface area contributed by atoms with Gasteiger partial charge in [0, 0.05) is 5.56 Å². The lowest BCUT2D eigenvalue weighted by atomic mass is 9.92. The molecule has 158 valence electrons. The molecule has 0 aromatic heterocycles. The van der Waals surface area contributed by atoms with Crippen molar-refractivity contribution in [2.45, 2.75) is 25.9 Å². The van der Waals surface area contributed by atoms with E-state index in [1.165, 1.54) is 0 Å². The van der Waals surface area contributed by atoms with E-state index in [1.54, 1.807) is 38.3 Å². The number of imide groups is 1. The van der Waals surface area contributed by atoms with Gasteiger partial charge >= 0.3 is 6.03 Å². The van der Waals surface area contributed by atoms with Gasteiger partial charge < -0.3 is 15.0 Å². The number of nitrogens with zero attached hydrogens (tertiary/aromatic N) is 1. The number of carbonyl (C=O) groups excluding carboxylic acids is 3. The first-order valence-corrected chi connectivity index (χ1v) is 9.71. The molecule has 2 aromatic carbocycles. The summed E-state index contributed by atoms with van der Waals surface area (Å²) in [6.07, 6.45) is 0. The van der Waals surface area contributed by atoms with Crippen LogP contribution >= 0.6 is 0 Å². The first-order chi connectivity index (χ1) is 14.2. The third kappa shape index (κ3) is 4.28. The van der Waals surface area contributed by atoms with E-state index in [0.717, 1.165) is 26.8 Å². The minimum atomic E-state index is -1.22. The van der Waals surface area contributed by atoms with E-state index in [1.807, 2.05) is 38.2 Å². The van der Waals surface area contributed by atoms with E-state index in [9.17, 15) is 14.4 Å². The summed E-state index contributed by atoms with van der Waals surface area (Å²) in [7, 11) is 3.47. The quantitative estimate of drug-likeness (QED) is 0.579. The highest BCUT2D eigenvalue weighted by Crippen LogP contribution is 2.27. The summed E-state index contributed by atoms with van der Waals surface area (Å²) < 4.78 is 5.39. The third-order valence-corrected chi connectivity index (χ3v) is 5.17. The second kappa shape index (κ2) is 8.54. The molecule has 3 N–H and O–H groups in total. The van der Waals surface area contributed by atoms with E-state index < -0.39 is 23.4 Å². The molecular weight excluding hydrogens is 384 g/mol. The Hall–Kier alpha value is -3.39. The van der Waals surface area contributed by atoms with Gasteiger partial charge in [-0.3, -0.25) is 15.0 Å². The predicted molar refractivity (Wildman–Crippen MR) is 111 cm³/mol. The fourth-order valence-electron chi connectivity index (χ4n) is 3.58. The molecule has 1 aliphatic heterocycles. The molecule has 1 heterocycles. The van der Waals surface area contributed by atoms with Gasteiger partial charge in [0.1, 0.15) is 17.8 Å². The Morgan fingerprint density at radius 2 is 1.90 bits per heavy atom. The number of rotatable bonds is 7. The highest BCUT2D eigenvalue weighted by atomic mass is 16.5. The lowest BCUT2D eigenvalue weighted by Crippen LogP contribution is -3.09. The molecule has 0 saturated carbocycles. The van der Waals surface area contributed by atoms with Gasteiger partial charge in [-0.25, -0.2) is 4.79 Å². The monoisotopic (exact) mass is 411 g/mol. The minimum Gasteiger partial charge on any atom is -0.496 e. The molecule has 8 nitrogen and oxygen atoms in total. The lowest BCUT2D eigenvalue weighted by molar-refractivity contribution is -0.885. The summed E-state index contributed by atoms with van der Waals surface area (Å²) in [6.45, 7) is 4.25. The Kier molecular flexibility index (Phi) is 6.07. The van der Waals surface area contributed by atoms with Gasteiger partial charge in [0.15, 0.2) is 6.54 Å². The van der Waals surface area contributed by atoms with Crippen molar-refractivity contribution < 1.29 is 24.0 Å². The van der Waals surface area contributed by atoms with Crippen molar-refractivity contribution >= 4 is 17.8 Å². The van der Waals surface area contributed by atoms with Crippen molar-refractivity contribution in [3.05, 3.63) is 65.2 Å². The van der Waals surface area contributed by atoms with Gasteiger partial charge in [-0.1, -0.05) is 42.0 Å². The minimum absolute atomic E-state index is 0.0796. The highest BCUT2D eigenvalue weighted by Gasteiger charge is 2.50. The van der Waals surface area contributed by atoms with Crippen LogP contribution in [0, 0.1) is 6.92 Å². The summed E-state index contributed by atoms with van der Waals surface area (Å²) in [5.41, 5.74) is 3.95. The van der Waals surface area contributed by atoms with Crippen molar-refractivity contribution in [2.75, 3.05) is 20.7 Å². The number of quaternary nitrogens is 1. The normalized spacial score (nSPS) is 19.4. The van der Waals surface area contributed by atoms with Crippen LogP contribution < -0.4 is 20.4 Å². The Morgan fingerprint density at radius 1 is 1.20 bits per heavy atom. The van der Waals surface area contributed by atoms with Gasteiger partial charge in [0.05, 0.1) is 14.2 Å². The molecule has 1 aliphatic rings. The first-order valence-electron chi connectivity index (χ1n) is 9.71. The summed E-state index contributed by atoms with van der Waals surface area (Å²) in [4.78, 5) is 38.6. The molecule has 0 aliphatic carbocycles. The van der Waals surface area contributed by atoms with Crippen molar-refractivity contribution in [3.63, 3.8) is 0 Å². The highest BCUT2D eigenvalue weighted by molar-refractivity contribution is 6.08. The van der Waals surface area contributed by atoms with Crippen LogP contribution in [-0.4, -0.2) is 43.6 Å².